The van der Waals surface area contributed by atoms with Crippen molar-refractivity contribution in [2.24, 2.45) is 0 Å². The van der Waals surface area contributed by atoms with E-state index in [0.29, 0.717) is 0 Å². The number of nitrogens with one attached hydrogen (secondary N) is 1. The van der Waals surface area contributed by atoms with Crippen LogP contribution in [0.3, 0.4) is 0 Å². The van der Waals surface area contributed by atoms with Gasteiger partial charge in [-0.15, -0.1) is 0 Å². The molecule has 0 aliphatic carbocycles. The molecule has 0 saturated heterocycles. The summed E-state index contributed by atoms with van der Waals surface area (Å²) >= 11 is 1.70. The number of benzene rings is 2. The number of rotatable bonds is 5. The Labute approximate surface area is 151 Å². The quantitative estimate of drug-likeness (QED) is 0.475. The number of pyridine rings is 1. The van der Waals surface area contributed by atoms with Crippen LogP contribution in [0.15, 0.2) is 89.8 Å². The molecule has 3 heteroatoms. The number of nitrogens with zero attached hydrogens (tertiary/aromatic N) is 1. The maximum atomic E-state index is 4.72. The lowest BCUT2D eigenvalue weighted by Gasteiger charge is -2.12. The Morgan fingerprint density at radius 2 is 1.56 bits per heavy atom. The fraction of sp³-hybridized carbons (Fsp3) is 0.0455. The molecule has 122 valence electrons. The largest absolute Gasteiger partial charge is 0.365 e. The molecule has 2 heterocycles. The van der Waals surface area contributed by atoms with Crippen molar-refractivity contribution in [2.45, 2.75) is 6.54 Å². The van der Waals surface area contributed by atoms with Crippen LogP contribution in [0, 0.1) is 0 Å². The zero-order valence-electron chi connectivity index (χ0n) is 13.7. The molecule has 25 heavy (non-hydrogen) atoms. The van der Waals surface area contributed by atoms with Gasteiger partial charge in [-0.25, -0.2) is 4.98 Å². The molecule has 0 fully saturated rings. The van der Waals surface area contributed by atoms with Crippen molar-refractivity contribution in [3.8, 4) is 22.3 Å². The summed E-state index contributed by atoms with van der Waals surface area (Å²) in [7, 11) is 0. The van der Waals surface area contributed by atoms with Crippen molar-refractivity contribution in [3.63, 3.8) is 0 Å². The molecule has 0 spiro atoms. The molecule has 0 bridgehead atoms. The molecule has 0 unspecified atom stereocenters. The highest BCUT2D eigenvalue weighted by Gasteiger charge is 2.10. The number of hydrogen-bond acceptors (Lipinski definition) is 3. The molecular formula is C22H18N2S. The van der Waals surface area contributed by atoms with Gasteiger partial charge in [0.2, 0.25) is 0 Å². The van der Waals surface area contributed by atoms with Gasteiger partial charge in [0.1, 0.15) is 5.82 Å². The first-order valence-electron chi connectivity index (χ1n) is 8.26. The lowest BCUT2D eigenvalue weighted by molar-refractivity contribution is 1.11. The smallest absolute Gasteiger partial charge is 0.134 e. The van der Waals surface area contributed by atoms with E-state index < -0.39 is 0 Å². The van der Waals surface area contributed by atoms with Crippen LogP contribution >= 0.6 is 11.3 Å². The first-order chi connectivity index (χ1) is 12.4. The van der Waals surface area contributed by atoms with Gasteiger partial charge in [-0.05, 0) is 39.6 Å². The maximum absolute atomic E-state index is 4.72. The fourth-order valence-corrected chi connectivity index (χ4v) is 3.47. The number of anilines is 1. The predicted octanol–water partition coefficient (Wildman–Crippen LogP) is 6.09. The second kappa shape index (κ2) is 7.32. The Bertz CT molecular complexity index is 932. The Morgan fingerprint density at radius 3 is 2.28 bits per heavy atom. The van der Waals surface area contributed by atoms with Gasteiger partial charge in [-0.2, -0.15) is 11.3 Å². The van der Waals surface area contributed by atoms with Crippen molar-refractivity contribution < 1.29 is 0 Å². The fourth-order valence-electron chi connectivity index (χ4n) is 2.81. The highest BCUT2D eigenvalue weighted by Crippen LogP contribution is 2.32. The average molecular weight is 342 g/mol. The Balaban J connectivity index is 1.68. The minimum Gasteiger partial charge on any atom is -0.365 e. The Morgan fingerprint density at radius 1 is 0.800 bits per heavy atom. The summed E-state index contributed by atoms with van der Waals surface area (Å²) in [5, 5.41) is 7.76. The van der Waals surface area contributed by atoms with Gasteiger partial charge in [-0.3, -0.25) is 0 Å². The molecule has 2 aromatic carbocycles. The molecule has 1 N–H and O–H groups in total. The van der Waals surface area contributed by atoms with Crippen LogP contribution in [-0.4, -0.2) is 4.98 Å². The van der Waals surface area contributed by atoms with E-state index in [1.54, 1.807) is 11.3 Å². The molecule has 2 aromatic heterocycles. The zero-order valence-corrected chi connectivity index (χ0v) is 14.5. The van der Waals surface area contributed by atoms with E-state index in [1.165, 1.54) is 16.7 Å². The van der Waals surface area contributed by atoms with Crippen molar-refractivity contribution in [1.82, 2.24) is 4.98 Å². The molecule has 0 saturated carbocycles. The second-order valence-electron chi connectivity index (χ2n) is 5.84. The van der Waals surface area contributed by atoms with Crippen LogP contribution in [-0.2, 0) is 6.54 Å². The van der Waals surface area contributed by atoms with E-state index >= 15 is 0 Å². The summed E-state index contributed by atoms with van der Waals surface area (Å²) in [6.07, 6.45) is 1.94. The summed E-state index contributed by atoms with van der Waals surface area (Å²) in [5.41, 5.74) is 5.89. The maximum Gasteiger partial charge on any atom is 0.134 e. The van der Waals surface area contributed by atoms with Gasteiger partial charge in [0.15, 0.2) is 0 Å². The monoisotopic (exact) mass is 342 g/mol. The molecule has 0 aliphatic heterocycles. The van der Waals surface area contributed by atoms with Gasteiger partial charge in [0.05, 0.1) is 0 Å². The van der Waals surface area contributed by atoms with E-state index in [2.05, 4.69) is 76.7 Å². The lowest BCUT2D eigenvalue weighted by atomic mass is 10.0. The molecular weight excluding hydrogens is 324 g/mol. The Kier molecular flexibility index (Phi) is 4.57. The van der Waals surface area contributed by atoms with E-state index in [0.717, 1.165) is 23.5 Å². The Hall–Kier alpha value is -2.91. The summed E-state index contributed by atoms with van der Waals surface area (Å²) in [6, 6.07) is 25.1. The first kappa shape index (κ1) is 15.6. The van der Waals surface area contributed by atoms with E-state index in [9.17, 15) is 0 Å². The third-order valence-electron chi connectivity index (χ3n) is 4.13. The molecule has 4 aromatic rings. The van der Waals surface area contributed by atoms with Crippen LogP contribution in [0.25, 0.3) is 22.3 Å². The minimum atomic E-state index is 0.760. The number of aromatic nitrogens is 1. The summed E-state index contributed by atoms with van der Waals surface area (Å²) in [6.45, 7) is 0.760. The first-order valence-corrected chi connectivity index (χ1v) is 9.20. The SMILES string of the molecule is c1ccc(CNc2ncc(-c3ccccc3)cc2-c2ccsc2)cc1. The van der Waals surface area contributed by atoms with Crippen molar-refractivity contribution in [2.75, 3.05) is 5.32 Å². The van der Waals surface area contributed by atoms with Crippen molar-refractivity contribution in [3.05, 3.63) is 95.3 Å². The van der Waals surface area contributed by atoms with Gasteiger partial charge in [-0.1, -0.05) is 60.7 Å². The molecule has 0 radical (unpaired) electrons. The van der Waals surface area contributed by atoms with E-state index in [-0.39, 0.29) is 0 Å². The van der Waals surface area contributed by atoms with Crippen molar-refractivity contribution >= 4 is 17.2 Å². The zero-order chi connectivity index (χ0) is 16.9. The molecule has 0 aliphatic rings. The number of hydrogen-bond donors (Lipinski definition) is 1. The third-order valence-corrected chi connectivity index (χ3v) is 4.81. The van der Waals surface area contributed by atoms with E-state index in [4.69, 9.17) is 4.98 Å². The third kappa shape index (κ3) is 3.62. The van der Waals surface area contributed by atoms with Gasteiger partial charge in [0, 0.05) is 23.9 Å². The molecule has 4 rings (SSSR count). The van der Waals surface area contributed by atoms with Crippen LogP contribution in [0.2, 0.25) is 0 Å². The van der Waals surface area contributed by atoms with Crippen LogP contribution < -0.4 is 5.32 Å². The van der Waals surface area contributed by atoms with Gasteiger partial charge in [0.25, 0.3) is 0 Å². The normalized spacial score (nSPS) is 10.6. The molecule has 2 nitrogen and oxygen atoms in total. The summed E-state index contributed by atoms with van der Waals surface area (Å²) in [4.78, 5) is 4.72. The van der Waals surface area contributed by atoms with Crippen LogP contribution in [0.5, 0.6) is 0 Å². The highest BCUT2D eigenvalue weighted by atomic mass is 32.1. The van der Waals surface area contributed by atoms with E-state index in [1.807, 2.05) is 18.3 Å². The van der Waals surface area contributed by atoms with Gasteiger partial charge >= 0.3 is 0 Å². The summed E-state index contributed by atoms with van der Waals surface area (Å²) < 4.78 is 0. The summed E-state index contributed by atoms with van der Waals surface area (Å²) in [5.74, 6) is 0.918. The topological polar surface area (TPSA) is 24.9 Å². The minimum absolute atomic E-state index is 0.760. The number of thiophene rings is 1. The van der Waals surface area contributed by atoms with Crippen molar-refractivity contribution in [1.29, 1.82) is 0 Å². The standard InChI is InChI=1S/C22H18N2S/c1-3-7-17(8-4-1)14-23-22-21(19-11-12-25-16-19)13-20(15-24-22)18-9-5-2-6-10-18/h1-13,15-16H,14H2,(H,23,24). The molecule has 0 amide bonds. The highest BCUT2D eigenvalue weighted by molar-refractivity contribution is 7.08. The van der Waals surface area contributed by atoms with Crippen LogP contribution in [0.1, 0.15) is 5.56 Å². The predicted molar refractivity (Wildman–Crippen MR) is 107 cm³/mol. The van der Waals surface area contributed by atoms with Gasteiger partial charge < -0.3 is 5.32 Å². The second-order valence-corrected chi connectivity index (χ2v) is 6.62. The lowest BCUT2D eigenvalue weighted by Crippen LogP contribution is -2.03. The average Bonchev–Trinajstić information content (AvgIpc) is 3.22. The van der Waals surface area contributed by atoms with Crippen LogP contribution in [0.4, 0.5) is 5.82 Å². The molecule has 0 atom stereocenters.